The number of rotatable bonds is 4. The molecule has 1 amide bonds. The molecule has 0 saturated carbocycles. The largest absolute Gasteiger partial charge is 0.479 e. The van der Waals surface area contributed by atoms with Crippen LogP contribution in [-0.2, 0) is 0 Å². The Bertz CT molecular complexity index is 628. The Balaban J connectivity index is 2.09. The summed E-state index contributed by atoms with van der Waals surface area (Å²) in [7, 11) is 0. The zero-order valence-corrected chi connectivity index (χ0v) is 10.2. The van der Waals surface area contributed by atoms with Crippen molar-refractivity contribution in [1.82, 2.24) is 5.16 Å². The molecular weight excluding hydrogens is 246 g/mol. The Kier molecular flexibility index (Phi) is 3.78. The maximum Gasteiger partial charge on any atom is 0.260 e. The molecule has 0 bridgehead atoms. The normalized spacial score (nSPS) is 9.68. The van der Waals surface area contributed by atoms with Crippen molar-refractivity contribution in [3.05, 3.63) is 41.8 Å². The fourth-order valence-electron chi connectivity index (χ4n) is 1.49. The van der Waals surface area contributed by atoms with Gasteiger partial charge in [-0.3, -0.25) is 4.79 Å². The molecule has 1 aromatic carbocycles. The number of aromatic nitrogens is 1. The van der Waals surface area contributed by atoms with Gasteiger partial charge in [-0.1, -0.05) is 11.2 Å². The quantitative estimate of drug-likeness (QED) is 0.906. The number of carbonyl (C=O) groups excluding carboxylic acids is 1. The fraction of sp³-hybridized carbons (Fsp3) is 0.154. The van der Waals surface area contributed by atoms with Gasteiger partial charge in [0.1, 0.15) is 23.1 Å². The lowest BCUT2D eigenvalue weighted by molar-refractivity contribution is 0.102. The third kappa shape index (κ3) is 3.10. The molecule has 0 aliphatic heterocycles. The van der Waals surface area contributed by atoms with E-state index in [0.29, 0.717) is 22.8 Å². The van der Waals surface area contributed by atoms with Crippen LogP contribution in [0.25, 0.3) is 0 Å². The zero-order chi connectivity index (χ0) is 13.7. The van der Waals surface area contributed by atoms with Crippen LogP contribution >= 0.6 is 0 Å². The molecule has 0 unspecified atom stereocenters. The van der Waals surface area contributed by atoms with E-state index in [1.165, 1.54) is 6.20 Å². The van der Waals surface area contributed by atoms with E-state index in [1.807, 2.05) is 6.07 Å². The summed E-state index contributed by atoms with van der Waals surface area (Å²) in [5.74, 6) is 0.659. The number of hydrogen-bond acceptors (Lipinski definition) is 5. The van der Waals surface area contributed by atoms with Crippen molar-refractivity contribution in [1.29, 1.82) is 5.26 Å². The number of hydrogen-bond donors (Lipinski definition) is 1. The van der Waals surface area contributed by atoms with Crippen LogP contribution in [0.4, 0.5) is 5.69 Å². The van der Waals surface area contributed by atoms with E-state index in [9.17, 15) is 4.79 Å². The Morgan fingerprint density at radius 2 is 2.42 bits per heavy atom. The van der Waals surface area contributed by atoms with Crippen molar-refractivity contribution in [3.8, 4) is 11.8 Å². The van der Waals surface area contributed by atoms with Crippen molar-refractivity contribution in [2.75, 3.05) is 11.9 Å². The predicted molar refractivity (Wildman–Crippen MR) is 66.7 cm³/mol. The molecule has 1 heterocycles. The summed E-state index contributed by atoms with van der Waals surface area (Å²) in [5.41, 5.74) is 0.949. The molecule has 1 aromatic heterocycles. The predicted octanol–water partition coefficient (Wildman–Crippen LogP) is 2.14. The first-order valence-electron chi connectivity index (χ1n) is 5.53. The highest BCUT2D eigenvalue weighted by Crippen LogP contribution is 2.18. The SMILES string of the molecule is Cc1oncc1C(=O)Nc1cccc(OCC#N)c1. The van der Waals surface area contributed by atoms with Crippen molar-refractivity contribution in [2.24, 2.45) is 0 Å². The smallest absolute Gasteiger partial charge is 0.260 e. The number of nitrogens with zero attached hydrogens (tertiary/aromatic N) is 2. The molecule has 0 fully saturated rings. The number of anilines is 1. The number of aryl methyl sites for hydroxylation is 1. The standard InChI is InChI=1S/C13H11N3O3/c1-9-12(8-15-19-9)13(17)16-10-3-2-4-11(7-10)18-6-5-14/h2-4,7-8H,6H2,1H3,(H,16,17). The van der Waals surface area contributed by atoms with Gasteiger partial charge in [-0.05, 0) is 19.1 Å². The Labute approximate surface area is 109 Å². The first-order valence-corrected chi connectivity index (χ1v) is 5.53. The van der Waals surface area contributed by atoms with Gasteiger partial charge >= 0.3 is 0 Å². The van der Waals surface area contributed by atoms with Gasteiger partial charge in [-0.15, -0.1) is 0 Å². The van der Waals surface area contributed by atoms with E-state index < -0.39 is 0 Å². The lowest BCUT2D eigenvalue weighted by Gasteiger charge is -2.06. The van der Waals surface area contributed by atoms with Crippen LogP contribution in [0.15, 0.2) is 35.0 Å². The molecule has 0 radical (unpaired) electrons. The zero-order valence-electron chi connectivity index (χ0n) is 10.2. The van der Waals surface area contributed by atoms with Crippen molar-refractivity contribution in [3.63, 3.8) is 0 Å². The molecule has 0 atom stereocenters. The summed E-state index contributed by atoms with van der Waals surface area (Å²) >= 11 is 0. The van der Waals surface area contributed by atoms with Crippen LogP contribution < -0.4 is 10.1 Å². The van der Waals surface area contributed by atoms with Crippen LogP contribution in [-0.4, -0.2) is 17.7 Å². The van der Waals surface area contributed by atoms with Crippen molar-refractivity contribution in [2.45, 2.75) is 6.92 Å². The first-order chi connectivity index (χ1) is 9.20. The highest BCUT2D eigenvalue weighted by molar-refractivity contribution is 6.04. The summed E-state index contributed by atoms with van der Waals surface area (Å²) in [5, 5.41) is 14.7. The minimum Gasteiger partial charge on any atom is -0.479 e. The van der Waals surface area contributed by atoms with Gasteiger partial charge in [0.05, 0.1) is 6.20 Å². The summed E-state index contributed by atoms with van der Waals surface area (Å²) in [6.07, 6.45) is 1.36. The third-order valence-electron chi connectivity index (χ3n) is 2.39. The summed E-state index contributed by atoms with van der Waals surface area (Å²) in [6.45, 7) is 1.62. The lowest BCUT2D eigenvalue weighted by Crippen LogP contribution is -2.12. The molecule has 1 N–H and O–H groups in total. The van der Waals surface area contributed by atoms with Crippen LogP contribution in [0.5, 0.6) is 5.75 Å². The monoisotopic (exact) mass is 257 g/mol. The third-order valence-corrected chi connectivity index (χ3v) is 2.39. The fourth-order valence-corrected chi connectivity index (χ4v) is 1.49. The second kappa shape index (κ2) is 5.69. The number of benzene rings is 1. The number of nitriles is 1. The lowest BCUT2D eigenvalue weighted by atomic mass is 10.2. The van der Waals surface area contributed by atoms with Gasteiger partial charge in [-0.2, -0.15) is 5.26 Å². The van der Waals surface area contributed by atoms with E-state index >= 15 is 0 Å². The molecule has 2 rings (SSSR count). The average Bonchev–Trinajstić information content (AvgIpc) is 2.83. The number of amides is 1. The minimum absolute atomic E-state index is 0.0395. The molecule has 0 saturated heterocycles. The first kappa shape index (κ1) is 12.6. The van der Waals surface area contributed by atoms with Gasteiger partial charge in [0, 0.05) is 11.8 Å². The average molecular weight is 257 g/mol. The van der Waals surface area contributed by atoms with E-state index in [4.69, 9.17) is 14.5 Å². The number of nitrogens with one attached hydrogen (secondary N) is 1. The topological polar surface area (TPSA) is 88.2 Å². The second-order valence-electron chi connectivity index (χ2n) is 3.72. The summed E-state index contributed by atoms with van der Waals surface area (Å²) in [4.78, 5) is 11.9. The van der Waals surface area contributed by atoms with Gasteiger partial charge in [0.25, 0.3) is 5.91 Å². The molecule has 6 nitrogen and oxygen atoms in total. The summed E-state index contributed by atoms with van der Waals surface area (Å²) < 4.78 is 9.98. The highest BCUT2D eigenvalue weighted by atomic mass is 16.5. The van der Waals surface area contributed by atoms with Crippen LogP contribution in [0, 0.1) is 18.3 Å². The summed E-state index contributed by atoms with van der Waals surface area (Å²) in [6, 6.07) is 8.67. The maximum atomic E-state index is 11.9. The van der Waals surface area contributed by atoms with Crippen molar-refractivity contribution < 1.29 is 14.1 Å². The van der Waals surface area contributed by atoms with E-state index in [-0.39, 0.29) is 12.5 Å². The molecule has 19 heavy (non-hydrogen) atoms. The number of carbonyl (C=O) groups is 1. The Morgan fingerprint density at radius 1 is 1.58 bits per heavy atom. The minimum atomic E-state index is -0.309. The van der Waals surface area contributed by atoms with Gasteiger partial charge in [0.15, 0.2) is 6.61 Å². The van der Waals surface area contributed by atoms with E-state index in [0.717, 1.165) is 0 Å². The van der Waals surface area contributed by atoms with Crippen LogP contribution in [0.2, 0.25) is 0 Å². The van der Waals surface area contributed by atoms with Gasteiger partial charge in [0.2, 0.25) is 0 Å². The molecule has 0 aliphatic carbocycles. The molecular formula is C13H11N3O3. The van der Waals surface area contributed by atoms with Gasteiger partial charge < -0.3 is 14.6 Å². The molecule has 0 spiro atoms. The molecule has 6 heteroatoms. The van der Waals surface area contributed by atoms with E-state index in [2.05, 4.69) is 10.5 Å². The van der Waals surface area contributed by atoms with Crippen LogP contribution in [0.1, 0.15) is 16.1 Å². The van der Waals surface area contributed by atoms with Crippen molar-refractivity contribution >= 4 is 11.6 Å². The maximum absolute atomic E-state index is 11.9. The van der Waals surface area contributed by atoms with Gasteiger partial charge in [-0.25, -0.2) is 0 Å². The molecule has 96 valence electrons. The van der Waals surface area contributed by atoms with Crippen LogP contribution in [0.3, 0.4) is 0 Å². The Morgan fingerprint density at radius 3 is 3.11 bits per heavy atom. The molecule has 2 aromatic rings. The van der Waals surface area contributed by atoms with E-state index in [1.54, 1.807) is 31.2 Å². The molecule has 0 aliphatic rings. The number of ether oxygens (including phenoxy) is 1. The highest BCUT2D eigenvalue weighted by Gasteiger charge is 2.13. The second-order valence-corrected chi connectivity index (χ2v) is 3.72. The Hall–Kier alpha value is -2.81.